The molecular weight excluding hydrogens is 472 g/mol. The Morgan fingerprint density at radius 1 is 1.24 bits per heavy atom. The Morgan fingerprint density at radius 2 is 2.14 bits per heavy atom. The molecule has 10 heteroatoms. The molecule has 37 heavy (non-hydrogen) atoms. The third-order valence-corrected chi connectivity index (χ3v) is 6.74. The first-order valence-electron chi connectivity index (χ1n) is 12.3. The largest absolute Gasteiger partial charge is 0.489 e. The summed E-state index contributed by atoms with van der Waals surface area (Å²) in [4.78, 5) is 37.4. The number of fused-ring (bicyclic) bond motifs is 2. The van der Waals surface area contributed by atoms with E-state index in [1.54, 1.807) is 25.4 Å². The number of hydrogen-bond acceptors (Lipinski definition) is 7. The van der Waals surface area contributed by atoms with Gasteiger partial charge >= 0.3 is 0 Å². The Labute approximate surface area is 214 Å². The number of ether oxygens (including phenoxy) is 2. The number of H-pyrrole nitrogens is 1. The van der Waals surface area contributed by atoms with E-state index in [0.29, 0.717) is 53.8 Å². The SMILES string of the molecule is C=CC(=O)Nc1cc(-c2nccc(-c3cc4c([nH]3)C3(CCCCN3)CNC4=O)n2)ccc1OCCOC. The van der Waals surface area contributed by atoms with E-state index >= 15 is 0 Å². The van der Waals surface area contributed by atoms with Gasteiger partial charge in [-0.25, -0.2) is 9.97 Å². The highest BCUT2D eigenvalue weighted by atomic mass is 16.5. The second-order valence-corrected chi connectivity index (χ2v) is 9.13. The summed E-state index contributed by atoms with van der Waals surface area (Å²) in [6.45, 7) is 5.74. The molecule has 2 aliphatic heterocycles. The second-order valence-electron chi connectivity index (χ2n) is 9.13. The first kappa shape index (κ1) is 24.7. The topological polar surface area (TPSA) is 130 Å². The molecule has 10 nitrogen and oxygen atoms in total. The van der Waals surface area contributed by atoms with Crippen molar-refractivity contribution in [1.29, 1.82) is 0 Å². The van der Waals surface area contributed by atoms with E-state index < -0.39 is 0 Å². The van der Waals surface area contributed by atoms with Gasteiger partial charge in [0.1, 0.15) is 12.4 Å². The molecule has 1 atom stereocenters. The fraction of sp³-hybridized carbons (Fsp3) is 0.333. The van der Waals surface area contributed by atoms with Gasteiger partial charge < -0.3 is 30.4 Å². The average molecular weight is 503 g/mol. The second kappa shape index (κ2) is 10.5. The quantitative estimate of drug-likeness (QED) is 0.275. The average Bonchev–Trinajstić information content (AvgIpc) is 3.40. The van der Waals surface area contributed by atoms with Crippen LogP contribution in [0, 0.1) is 0 Å². The molecule has 2 amide bonds. The Balaban J connectivity index is 1.48. The van der Waals surface area contributed by atoms with E-state index in [4.69, 9.17) is 14.5 Å². The van der Waals surface area contributed by atoms with Crippen LogP contribution in [-0.2, 0) is 15.1 Å². The predicted octanol–water partition coefficient (Wildman–Crippen LogP) is 3.00. The van der Waals surface area contributed by atoms with Gasteiger partial charge in [0.25, 0.3) is 5.91 Å². The lowest BCUT2D eigenvalue weighted by atomic mass is 9.82. The number of nitrogens with zero attached hydrogens (tertiary/aromatic N) is 2. The van der Waals surface area contributed by atoms with Crippen LogP contribution in [0.2, 0.25) is 0 Å². The minimum atomic E-state index is -0.357. The van der Waals surface area contributed by atoms with Crippen LogP contribution < -0.4 is 20.7 Å². The van der Waals surface area contributed by atoms with Gasteiger partial charge in [-0.05, 0) is 62.2 Å². The van der Waals surface area contributed by atoms with Crippen molar-refractivity contribution in [2.75, 3.05) is 38.7 Å². The van der Waals surface area contributed by atoms with Crippen LogP contribution in [0.3, 0.4) is 0 Å². The molecule has 1 spiro atoms. The van der Waals surface area contributed by atoms with Crippen LogP contribution in [0.5, 0.6) is 5.75 Å². The lowest BCUT2D eigenvalue weighted by Gasteiger charge is -2.41. The van der Waals surface area contributed by atoms with Gasteiger partial charge in [0.2, 0.25) is 5.91 Å². The molecule has 2 aliphatic rings. The molecule has 0 bridgehead atoms. The van der Waals surface area contributed by atoms with Gasteiger partial charge in [-0.1, -0.05) is 6.58 Å². The molecular formula is C27H30N6O4. The summed E-state index contributed by atoms with van der Waals surface area (Å²) in [6.07, 6.45) is 6.05. The highest BCUT2D eigenvalue weighted by Crippen LogP contribution is 2.37. The van der Waals surface area contributed by atoms with Gasteiger partial charge in [-0.15, -0.1) is 0 Å². The maximum atomic E-state index is 12.7. The van der Waals surface area contributed by atoms with Crippen molar-refractivity contribution in [3.63, 3.8) is 0 Å². The van der Waals surface area contributed by atoms with Gasteiger partial charge in [-0.2, -0.15) is 0 Å². The molecule has 4 heterocycles. The molecule has 3 aromatic rings. The lowest BCUT2D eigenvalue weighted by molar-refractivity contribution is -0.111. The molecule has 1 unspecified atom stereocenters. The molecule has 4 N–H and O–H groups in total. The number of carbonyl (C=O) groups excluding carboxylic acids is 2. The number of anilines is 1. The van der Waals surface area contributed by atoms with Crippen LogP contribution in [0.15, 0.2) is 49.2 Å². The van der Waals surface area contributed by atoms with E-state index in [2.05, 4.69) is 32.5 Å². The number of aromatic nitrogens is 3. The third kappa shape index (κ3) is 4.98. The fourth-order valence-corrected chi connectivity index (χ4v) is 4.86. The number of nitrogens with one attached hydrogen (secondary N) is 4. The molecule has 1 aromatic carbocycles. The van der Waals surface area contributed by atoms with Crippen molar-refractivity contribution in [2.45, 2.75) is 24.8 Å². The number of carbonyl (C=O) groups is 2. The van der Waals surface area contributed by atoms with Crippen molar-refractivity contribution in [3.8, 4) is 28.5 Å². The molecule has 192 valence electrons. The number of piperidine rings is 1. The van der Waals surface area contributed by atoms with E-state index in [1.165, 1.54) is 6.08 Å². The Hall–Kier alpha value is -4.02. The van der Waals surface area contributed by atoms with E-state index in [9.17, 15) is 9.59 Å². The Morgan fingerprint density at radius 3 is 2.92 bits per heavy atom. The van der Waals surface area contributed by atoms with E-state index in [1.807, 2.05) is 18.2 Å². The van der Waals surface area contributed by atoms with Crippen molar-refractivity contribution in [2.24, 2.45) is 0 Å². The fourth-order valence-electron chi connectivity index (χ4n) is 4.86. The predicted molar refractivity (Wildman–Crippen MR) is 139 cm³/mol. The monoisotopic (exact) mass is 502 g/mol. The summed E-state index contributed by atoms with van der Waals surface area (Å²) in [6, 6.07) is 9.02. The molecule has 1 fully saturated rings. The Kier molecular flexibility index (Phi) is 7.02. The Bertz CT molecular complexity index is 1330. The van der Waals surface area contributed by atoms with Crippen molar-refractivity contribution < 1.29 is 19.1 Å². The maximum absolute atomic E-state index is 12.7. The first-order chi connectivity index (χ1) is 18.0. The van der Waals surface area contributed by atoms with Gasteiger partial charge in [0.05, 0.1) is 40.5 Å². The highest BCUT2D eigenvalue weighted by molar-refractivity contribution is 6.00. The number of benzene rings is 1. The maximum Gasteiger partial charge on any atom is 0.253 e. The number of hydrogen-bond donors (Lipinski definition) is 4. The minimum Gasteiger partial charge on any atom is -0.489 e. The summed E-state index contributed by atoms with van der Waals surface area (Å²) >= 11 is 0. The van der Waals surface area contributed by atoms with Crippen molar-refractivity contribution in [1.82, 2.24) is 25.6 Å². The number of rotatable bonds is 8. The lowest BCUT2D eigenvalue weighted by Crippen LogP contribution is -2.57. The smallest absolute Gasteiger partial charge is 0.253 e. The highest BCUT2D eigenvalue weighted by Gasteiger charge is 2.42. The van der Waals surface area contributed by atoms with Crippen molar-refractivity contribution in [3.05, 3.63) is 60.4 Å². The van der Waals surface area contributed by atoms with Gasteiger partial charge in [0, 0.05) is 25.4 Å². The number of methoxy groups -OCH3 is 1. The summed E-state index contributed by atoms with van der Waals surface area (Å²) < 4.78 is 10.8. The van der Waals surface area contributed by atoms with Gasteiger partial charge in [-0.3, -0.25) is 9.59 Å². The first-order valence-corrected chi connectivity index (χ1v) is 12.3. The third-order valence-electron chi connectivity index (χ3n) is 6.74. The van der Waals surface area contributed by atoms with E-state index in [-0.39, 0.29) is 17.4 Å². The van der Waals surface area contributed by atoms with Crippen LogP contribution in [-0.4, -0.2) is 60.2 Å². The van der Waals surface area contributed by atoms with Crippen LogP contribution >= 0.6 is 0 Å². The molecule has 0 saturated carbocycles. The number of aromatic amines is 1. The number of amides is 2. The summed E-state index contributed by atoms with van der Waals surface area (Å²) in [5, 5.41) is 9.44. The van der Waals surface area contributed by atoms with Crippen LogP contribution in [0.4, 0.5) is 5.69 Å². The van der Waals surface area contributed by atoms with Crippen molar-refractivity contribution >= 4 is 17.5 Å². The van der Waals surface area contributed by atoms with E-state index in [0.717, 1.165) is 37.2 Å². The molecule has 5 rings (SSSR count). The molecule has 1 saturated heterocycles. The minimum absolute atomic E-state index is 0.0866. The molecule has 0 aliphatic carbocycles. The normalized spacial score (nSPS) is 18.7. The zero-order valence-corrected chi connectivity index (χ0v) is 20.7. The summed E-state index contributed by atoms with van der Waals surface area (Å²) in [5.74, 6) is 0.526. The van der Waals surface area contributed by atoms with Gasteiger partial charge in [0.15, 0.2) is 5.82 Å². The zero-order chi connectivity index (χ0) is 25.8. The zero-order valence-electron chi connectivity index (χ0n) is 20.7. The standard InChI is InChI=1S/C27H30N6O4/c1-3-23(34)31-21-14-17(6-7-22(21)37-13-12-36-2)25-28-11-8-19(33-25)20-15-18-24(32-20)27(16-29-26(18)35)9-4-5-10-30-27/h3,6-8,11,14-15,30,32H,1,4-5,9-10,12-13,16H2,2H3,(H,29,35)(H,31,34). The van der Waals surface area contributed by atoms with Crippen LogP contribution in [0.1, 0.15) is 35.3 Å². The summed E-state index contributed by atoms with van der Waals surface area (Å²) in [5.41, 5.74) is 3.85. The molecule has 0 radical (unpaired) electrons. The molecule has 2 aromatic heterocycles. The summed E-state index contributed by atoms with van der Waals surface area (Å²) in [7, 11) is 1.59. The van der Waals surface area contributed by atoms with Crippen LogP contribution in [0.25, 0.3) is 22.8 Å².